The zero-order valence-corrected chi connectivity index (χ0v) is 20.4. The van der Waals surface area contributed by atoms with Gasteiger partial charge in [0.15, 0.2) is 5.82 Å². The highest BCUT2D eigenvalue weighted by molar-refractivity contribution is 5.90. The van der Waals surface area contributed by atoms with Gasteiger partial charge in [-0.1, -0.05) is 6.07 Å². The molecule has 2 atom stereocenters. The van der Waals surface area contributed by atoms with Gasteiger partial charge >= 0.3 is 0 Å². The molecular weight excluding hydrogens is 506 g/mol. The van der Waals surface area contributed by atoms with Crippen molar-refractivity contribution in [2.75, 3.05) is 38.7 Å². The number of methoxy groups -OCH3 is 1. The molecule has 1 N–H and O–H groups in total. The van der Waals surface area contributed by atoms with E-state index in [0.29, 0.717) is 43.0 Å². The van der Waals surface area contributed by atoms with Crippen LogP contribution in [0.25, 0.3) is 27.7 Å². The molecule has 0 amide bonds. The Balaban J connectivity index is 1.38. The third-order valence-corrected chi connectivity index (χ3v) is 7.22. The van der Waals surface area contributed by atoms with E-state index in [2.05, 4.69) is 20.4 Å². The van der Waals surface area contributed by atoms with E-state index in [1.54, 1.807) is 19.1 Å². The van der Waals surface area contributed by atoms with E-state index in [4.69, 9.17) is 13.6 Å². The molecule has 38 heavy (non-hydrogen) atoms. The van der Waals surface area contributed by atoms with Crippen molar-refractivity contribution in [3.8, 4) is 17.0 Å². The van der Waals surface area contributed by atoms with Crippen LogP contribution in [0.1, 0.15) is 16.4 Å². The number of halogens is 4. The molecule has 4 aromatic rings. The highest BCUT2D eigenvalue weighted by atomic mass is 19.3. The molecule has 3 aromatic heterocycles. The van der Waals surface area contributed by atoms with Crippen molar-refractivity contribution < 1.29 is 31.1 Å². The number of imidazole rings is 1. The van der Waals surface area contributed by atoms with Gasteiger partial charge in [0.1, 0.15) is 17.5 Å². The maximum absolute atomic E-state index is 15.5. The molecule has 2 saturated heterocycles. The molecule has 9 nitrogen and oxygen atoms in total. The van der Waals surface area contributed by atoms with E-state index in [9.17, 15) is 8.78 Å². The Morgan fingerprint density at radius 1 is 1.29 bits per heavy atom. The maximum atomic E-state index is 15.5. The summed E-state index contributed by atoms with van der Waals surface area (Å²) in [6, 6.07) is 4.13. The van der Waals surface area contributed by atoms with Crippen molar-refractivity contribution in [1.82, 2.24) is 29.0 Å². The summed E-state index contributed by atoms with van der Waals surface area (Å²) in [5.41, 5.74) is 0.875. The van der Waals surface area contributed by atoms with Crippen molar-refractivity contribution >= 4 is 22.5 Å². The van der Waals surface area contributed by atoms with Crippen LogP contribution < -0.4 is 10.1 Å². The Bertz CT molecular complexity index is 1590. The van der Waals surface area contributed by atoms with Gasteiger partial charge in [-0.05, 0) is 31.0 Å². The Hall–Kier alpha value is -3.45. The van der Waals surface area contributed by atoms with Crippen LogP contribution in [0.2, 0.25) is 0 Å². The summed E-state index contributed by atoms with van der Waals surface area (Å²) >= 11 is 0. The SMILES string of the molecule is [2H]C([2H])([2H])Oc1nc(N[C@H]2CCN(C3COC3)C[C@H]2F)nn2cc(F)c(-c3ccc4nc(C)n(CC(F)F)c4c3)c12. The van der Waals surface area contributed by atoms with E-state index in [0.717, 1.165) is 10.7 Å². The summed E-state index contributed by atoms with van der Waals surface area (Å²) < 4.78 is 92.8. The van der Waals surface area contributed by atoms with Crippen molar-refractivity contribution in [1.29, 1.82) is 0 Å². The van der Waals surface area contributed by atoms with E-state index < -0.39 is 43.9 Å². The number of hydrogen-bond donors (Lipinski definition) is 1. The number of alkyl halides is 3. The van der Waals surface area contributed by atoms with Crippen molar-refractivity contribution in [2.45, 2.75) is 44.6 Å². The summed E-state index contributed by atoms with van der Waals surface area (Å²) in [5, 5.41) is 7.20. The summed E-state index contributed by atoms with van der Waals surface area (Å²) in [6.45, 7) is 2.96. The largest absolute Gasteiger partial charge is 0.479 e. The summed E-state index contributed by atoms with van der Waals surface area (Å²) in [5.74, 6) is -0.990. The molecule has 0 saturated carbocycles. The smallest absolute Gasteiger partial charge is 0.256 e. The van der Waals surface area contributed by atoms with Gasteiger partial charge in [-0.2, -0.15) is 4.98 Å². The van der Waals surface area contributed by atoms with E-state index >= 15 is 8.78 Å². The number of piperidine rings is 1. The number of aromatic nitrogens is 5. The lowest BCUT2D eigenvalue weighted by molar-refractivity contribution is -0.0794. The van der Waals surface area contributed by atoms with E-state index in [1.165, 1.54) is 10.6 Å². The first-order valence-electron chi connectivity index (χ1n) is 13.7. The fraction of sp³-hybridized carbons (Fsp3) is 0.480. The Morgan fingerprint density at radius 3 is 2.84 bits per heavy atom. The normalized spacial score (nSPS) is 22.4. The minimum absolute atomic E-state index is 0.0838. The van der Waals surface area contributed by atoms with Gasteiger partial charge in [-0.3, -0.25) is 4.90 Å². The monoisotopic (exact) mass is 536 g/mol. The molecule has 0 aliphatic carbocycles. The van der Waals surface area contributed by atoms with E-state index in [1.807, 2.05) is 4.90 Å². The number of nitrogens with one attached hydrogen (secondary N) is 1. The lowest BCUT2D eigenvalue weighted by Crippen LogP contribution is -2.57. The fourth-order valence-electron chi connectivity index (χ4n) is 5.22. The second-order valence-corrected chi connectivity index (χ2v) is 9.59. The first kappa shape index (κ1) is 21.5. The second kappa shape index (κ2) is 9.70. The predicted molar refractivity (Wildman–Crippen MR) is 132 cm³/mol. The van der Waals surface area contributed by atoms with Gasteiger partial charge in [0.05, 0.1) is 65.8 Å². The number of rotatable bonds is 7. The van der Waals surface area contributed by atoms with Gasteiger partial charge in [-0.15, -0.1) is 5.10 Å². The number of hydrogen-bond acceptors (Lipinski definition) is 7. The average Bonchev–Trinajstić information content (AvgIpc) is 3.33. The summed E-state index contributed by atoms with van der Waals surface area (Å²) in [7, 11) is -2.94. The van der Waals surface area contributed by atoms with Crippen molar-refractivity contribution in [3.63, 3.8) is 0 Å². The van der Waals surface area contributed by atoms with Crippen LogP contribution in [0.15, 0.2) is 24.4 Å². The molecule has 2 fully saturated rings. The van der Waals surface area contributed by atoms with Gasteiger partial charge in [0.25, 0.3) is 6.43 Å². The highest BCUT2D eigenvalue weighted by Gasteiger charge is 2.36. The first-order chi connectivity index (χ1) is 19.5. The van der Waals surface area contributed by atoms with Crippen LogP contribution in [0.5, 0.6) is 5.88 Å². The number of aryl methyl sites for hydroxylation is 1. The zero-order chi connectivity index (χ0) is 29.1. The van der Waals surface area contributed by atoms with E-state index in [-0.39, 0.29) is 35.2 Å². The molecule has 2 aliphatic rings. The van der Waals surface area contributed by atoms with Gasteiger partial charge < -0.3 is 19.4 Å². The van der Waals surface area contributed by atoms with Crippen LogP contribution >= 0.6 is 0 Å². The number of likely N-dealkylation sites (tertiary alicyclic amines) is 1. The molecule has 202 valence electrons. The topological polar surface area (TPSA) is 81.7 Å². The Kier molecular flexibility index (Phi) is 5.48. The lowest BCUT2D eigenvalue weighted by Gasteiger charge is -2.42. The fourth-order valence-corrected chi connectivity index (χ4v) is 5.22. The molecule has 6 rings (SSSR count). The van der Waals surface area contributed by atoms with Crippen LogP contribution in [-0.4, -0.2) is 87.1 Å². The molecule has 0 spiro atoms. The maximum Gasteiger partial charge on any atom is 0.256 e. The molecule has 5 heterocycles. The quantitative estimate of drug-likeness (QED) is 0.361. The number of fused-ring (bicyclic) bond motifs is 2. The minimum atomic E-state index is -2.94. The third kappa shape index (κ3) is 4.33. The highest BCUT2D eigenvalue weighted by Crippen LogP contribution is 2.36. The Morgan fingerprint density at radius 2 is 2.13 bits per heavy atom. The van der Waals surface area contributed by atoms with Gasteiger partial charge in [0.2, 0.25) is 11.8 Å². The Labute approximate surface area is 219 Å². The average molecular weight is 537 g/mol. The molecule has 2 aliphatic heterocycles. The number of benzene rings is 1. The second-order valence-electron chi connectivity index (χ2n) is 9.59. The number of ether oxygens (including phenoxy) is 2. The number of anilines is 1. The molecule has 1 aromatic carbocycles. The first-order valence-corrected chi connectivity index (χ1v) is 12.2. The minimum Gasteiger partial charge on any atom is -0.479 e. The lowest BCUT2D eigenvalue weighted by atomic mass is 10.0. The van der Waals surface area contributed by atoms with Crippen LogP contribution in [0.4, 0.5) is 23.5 Å². The van der Waals surface area contributed by atoms with Gasteiger partial charge in [0, 0.05) is 13.1 Å². The molecular formula is C25H27F4N7O2. The van der Waals surface area contributed by atoms with Crippen LogP contribution in [0, 0.1) is 12.7 Å². The van der Waals surface area contributed by atoms with Crippen molar-refractivity contribution in [3.05, 3.63) is 36.0 Å². The molecule has 13 heteroatoms. The zero-order valence-electron chi connectivity index (χ0n) is 23.4. The molecule has 0 unspecified atom stereocenters. The molecule has 0 radical (unpaired) electrons. The predicted octanol–water partition coefficient (Wildman–Crippen LogP) is 3.69. The number of nitrogens with zero attached hydrogens (tertiary/aromatic N) is 6. The summed E-state index contributed by atoms with van der Waals surface area (Å²) in [6.07, 6.45) is -2.43. The van der Waals surface area contributed by atoms with Crippen LogP contribution in [0.3, 0.4) is 0 Å². The third-order valence-electron chi connectivity index (χ3n) is 7.22. The molecule has 0 bridgehead atoms. The summed E-state index contributed by atoms with van der Waals surface area (Å²) in [4.78, 5) is 10.5. The standard InChI is InChI=1S/C25H27F4N7O2/c1-13-30-19-4-3-14(7-20(19)35(13)10-21(28)29)22-17(27)9-36-23(22)24(37-2)32-25(33-36)31-18-5-6-34(8-16(18)26)15-11-38-12-15/h3-4,7,9,15-16,18,21H,5-6,8,10-12H2,1-2H3,(H,31,33)/t16-,18+/m1/s1/i2D3. The van der Waals surface area contributed by atoms with Gasteiger partial charge in [-0.25, -0.2) is 27.1 Å². The van der Waals surface area contributed by atoms with Crippen molar-refractivity contribution in [2.24, 2.45) is 0 Å². The van der Waals surface area contributed by atoms with Crippen LogP contribution in [-0.2, 0) is 11.3 Å².